The quantitative estimate of drug-likeness (QED) is 0.529. The predicted octanol–water partition coefficient (Wildman–Crippen LogP) is -0.377. The van der Waals surface area contributed by atoms with Crippen LogP contribution in [0, 0.1) is 0 Å². The lowest BCUT2D eigenvalue weighted by Gasteiger charge is -2.22. The summed E-state index contributed by atoms with van der Waals surface area (Å²) in [5, 5.41) is 26.8. The molecule has 0 saturated carbocycles. The molecule has 1 aromatic carbocycles. The number of nitrogens with two attached hydrogens (primary N) is 1. The van der Waals surface area contributed by atoms with Crippen molar-refractivity contribution in [2.24, 2.45) is 5.73 Å². The van der Waals surface area contributed by atoms with Crippen LogP contribution in [-0.4, -0.2) is 27.9 Å². The van der Waals surface area contributed by atoms with Gasteiger partial charge in [0.05, 0.1) is 6.61 Å². The van der Waals surface area contributed by atoms with Crippen LogP contribution in [0.15, 0.2) is 24.3 Å². The lowest BCUT2D eigenvalue weighted by atomic mass is 9.92. The number of aliphatic hydroxyl groups excluding tert-OH is 1. The van der Waals surface area contributed by atoms with Crippen molar-refractivity contribution in [1.29, 1.82) is 0 Å². The fourth-order valence-corrected chi connectivity index (χ4v) is 1.07. The summed E-state index contributed by atoms with van der Waals surface area (Å²) < 4.78 is 0. The molecule has 0 fully saturated rings. The Kier molecular flexibility index (Phi) is 2.73. The Morgan fingerprint density at radius 2 is 2.14 bits per heavy atom. The Labute approximate surface area is 80.4 Å². The molecular weight excluding hydrogens is 186 g/mol. The summed E-state index contributed by atoms with van der Waals surface area (Å²) >= 11 is 0. The van der Waals surface area contributed by atoms with Crippen molar-refractivity contribution in [1.82, 2.24) is 0 Å². The number of carbonyl (C=O) groups is 1. The second-order valence-corrected chi connectivity index (χ2v) is 2.98. The predicted molar refractivity (Wildman–Crippen MR) is 48.7 cm³/mol. The molecule has 0 heterocycles. The van der Waals surface area contributed by atoms with E-state index in [2.05, 4.69) is 0 Å². The lowest BCUT2D eigenvalue weighted by molar-refractivity contribution is -0.145. The van der Waals surface area contributed by atoms with Gasteiger partial charge in [-0.05, 0) is 17.7 Å². The molecule has 0 radical (unpaired) electrons. The highest BCUT2D eigenvalue weighted by atomic mass is 16.4. The summed E-state index contributed by atoms with van der Waals surface area (Å²) in [7, 11) is 0. The molecule has 0 amide bonds. The first-order chi connectivity index (χ1) is 6.50. The number of benzene rings is 1. The third-order valence-electron chi connectivity index (χ3n) is 1.99. The van der Waals surface area contributed by atoms with E-state index < -0.39 is 18.1 Å². The van der Waals surface area contributed by atoms with Gasteiger partial charge in [-0.25, -0.2) is 4.79 Å². The van der Waals surface area contributed by atoms with Crippen molar-refractivity contribution < 1.29 is 20.1 Å². The third-order valence-corrected chi connectivity index (χ3v) is 1.99. The van der Waals surface area contributed by atoms with Crippen molar-refractivity contribution in [3.63, 3.8) is 0 Å². The van der Waals surface area contributed by atoms with E-state index in [1.54, 1.807) is 0 Å². The van der Waals surface area contributed by atoms with E-state index in [0.29, 0.717) is 0 Å². The molecule has 1 unspecified atom stereocenters. The Hall–Kier alpha value is -1.59. The SMILES string of the molecule is NC(CO)(C(=O)O)c1cccc(O)c1. The van der Waals surface area contributed by atoms with Gasteiger partial charge in [0.15, 0.2) is 5.54 Å². The summed E-state index contributed by atoms with van der Waals surface area (Å²) in [5.41, 5.74) is 3.77. The summed E-state index contributed by atoms with van der Waals surface area (Å²) in [6, 6.07) is 5.50. The van der Waals surface area contributed by atoms with Gasteiger partial charge in [-0.1, -0.05) is 12.1 Å². The zero-order valence-electron chi connectivity index (χ0n) is 7.34. The number of aliphatic carboxylic acids is 1. The number of aromatic hydroxyl groups is 1. The maximum atomic E-state index is 10.8. The topological polar surface area (TPSA) is 104 Å². The van der Waals surface area contributed by atoms with Crippen LogP contribution in [0.5, 0.6) is 5.75 Å². The van der Waals surface area contributed by atoms with Crippen molar-refractivity contribution in [3.05, 3.63) is 29.8 Å². The van der Waals surface area contributed by atoms with Gasteiger partial charge >= 0.3 is 5.97 Å². The molecule has 1 atom stereocenters. The number of carboxylic acids is 1. The maximum absolute atomic E-state index is 10.8. The normalized spacial score (nSPS) is 14.7. The van der Waals surface area contributed by atoms with Crippen LogP contribution >= 0.6 is 0 Å². The molecule has 1 aromatic rings. The van der Waals surface area contributed by atoms with E-state index in [-0.39, 0.29) is 11.3 Å². The van der Waals surface area contributed by atoms with E-state index in [1.807, 2.05) is 0 Å². The van der Waals surface area contributed by atoms with E-state index >= 15 is 0 Å². The monoisotopic (exact) mass is 197 g/mol. The molecule has 0 aliphatic carbocycles. The Bertz CT molecular complexity index is 352. The van der Waals surface area contributed by atoms with Crippen molar-refractivity contribution in [2.45, 2.75) is 5.54 Å². The van der Waals surface area contributed by atoms with Gasteiger partial charge in [-0.2, -0.15) is 0 Å². The minimum atomic E-state index is -1.86. The average molecular weight is 197 g/mol. The van der Waals surface area contributed by atoms with Gasteiger partial charge in [0.1, 0.15) is 5.75 Å². The van der Waals surface area contributed by atoms with Gasteiger partial charge in [0, 0.05) is 0 Å². The van der Waals surface area contributed by atoms with E-state index in [4.69, 9.17) is 21.1 Å². The number of hydrogen-bond acceptors (Lipinski definition) is 4. The molecule has 0 aliphatic heterocycles. The molecule has 1 rings (SSSR count). The molecule has 0 saturated heterocycles. The smallest absolute Gasteiger partial charge is 0.330 e. The summed E-state index contributed by atoms with van der Waals surface area (Å²) in [6.45, 7) is -0.730. The van der Waals surface area contributed by atoms with Gasteiger partial charge in [-0.15, -0.1) is 0 Å². The minimum Gasteiger partial charge on any atom is -0.508 e. The Balaban J connectivity index is 3.19. The van der Waals surface area contributed by atoms with Crippen LogP contribution in [0.3, 0.4) is 0 Å². The lowest BCUT2D eigenvalue weighted by Crippen LogP contribution is -2.48. The first-order valence-electron chi connectivity index (χ1n) is 3.93. The van der Waals surface area contributed by atoms with Crippen LogP contribution in [0.2, 0.25) is 0 Å². The van der Waals surface area contributed by atoms with Crippen molar-refractivity contribution in [2.75, 3.05) is 6.61 Å². The summed E-state index contributed by atoms with van der Waals surface area (Å²) in [5.74, 6) is -1.43. The van der Waals surface area contributed by atoms with Crippen molar-refractivity contribution >= 4 is 5.97 Å². The maximum Gasteiger partial charge on any atom is 0.330 e. The zero-order valence-corrected chi connectivity index (χ0v) is 7.34. The minimum absolute atomic E-state index is 0.0907. The molecule has 0 aliphatic rings. The third kappa shape index (κ3) is 1.68. The number of carboxylic acid groups (broad SMARTS) is 1. The molecule has 0 spiro atoms. The number of phenols is 1. The highest BCUT2D eigenvalue weighted by Crippen LogP contribution is 2.21. The second-order valence-electron chi connectivity index (χ2n) is 2.98. The highest BCUT2D eigenvalue weighted by Gasteiger charge is 2.35. The van der Waals surface area contributed by atoms with Gasteiger partial charge in [-0.3, -0.25) is 0 Å². The molecule has 5 nitrogen and oxygen atoms in total. The first kappa shape index (κ1) is 10.5. The number of aliphatic hydroxyl groups is 1. The Morgan fingerprint density at radius 1 is 1.50 bits per heavy atom. The molecule has 5 heteroatoms. The number of rotatable bonds is 3. The average Bonchev–Trinajstić information content (AvgIpc) is 2.16. The van der Waals surface area contributed by atoms with Crippen LogP contribution in [0.4, 0.5) is 0 Å². The second kappa shape index (κ2) is 3.65. The number of phenolic OH excluding ortho intramolecular Hbond substituents is 1. The van der Waals surface area contributed by atoms with Crippen molar-refractivity contribution in [3.8, 4) is 5.75 Å². The molecule has 5 N–H and O–H groups in total. The van der Waals surface area contributed by atoms with E-state index in [0.717, 1.165) is 0 Å². The summed E-state index contributed by atoms with van der Waals surface area (Å²) in [4.78, 5) is 10.8. The fourth-order valence-electron chi connectivity index (χ4n) is 1.07. The van der Waals surface area contributed by atoms with Gasteiger partial charge in [0.2, 0.25) is 0 Å². The Morgan fingerprint density at radius 3 is 2.57 bits per heavy atom. The summed E-state index contributed by atoms with van der Waals surface area (Å²) in [6.07, 6.45) is 0. The van der Waals surface area contributed by atoms with E-state index in [1.165, 1.54) is 24.3 Å². The molecule has 76 valence electrons. The van der Waals surface area contributed by atoms with Crippen LogP contribution in [-0.2, 0) is 10.3 Å². The highest BCUT2D eigenvalue weighted by molar-refractivity contribution is 5.80. The molecule has 0 aromatic heterocycles. The molecule has 0 bridgehead atoms. The zero-order chi connectivity index (χ0) is 10.8. The molecule has 14 heavy (non-hydrogen) atoms. The standard InChI is InChI=1S/C9H11NO4/c10-9(5-11,8(13)14)6-2-1-3-7(12)4-6/h1-4,11-12H,5,10H2,(H,13,14). The largest absolute Gasteiger partial charge is 0.508 e. The van der Waals surface area contributed by atoms with E-state index in [9.17, 15) is 4.79 Å². The molecular formula is C9H11NO4. The van der Waals surface area contributed by atoms with Gasteiger partial charge < -0.3 is 21.1 Å². The van der Waals surface area contributed by atoms with Gasteiger partial charge in [0.25, 0.3) is 0 Å². The van der Waals surface area contributed by atoms with Crippen LogP contribution in [0.25, 0.3) is 0 Å². The first-order valence-corrected chi connectivity index (χ1v) is 3.93. The van der Waals surface area contributed by atoms with Crippen LogP contribution in [0.1, 0.15) is 5.56 Å². The fraction of sp³-hybridized carbons (Fsp3) is 0.222. The number of hydrogen-bond donors (Lipinski definition) is 4. The van der Waals surface area contributed by atoms with Crippen LogP contribution < -0.4 is 5.73 Å².